The first kappa shape index (κ1) is 18.1. The molecule has 0 aromatic carbocycles. The Balaban J connectivity index is 2.23. The highest BCUT2D eigenvalue weighted by molar-refractivity contribution is 6.05. The van der Waals surface area contributed by atoms with E-state index in [1.807, 2.05) is 0 Å². The molecule has 1 amide bonds. The molecule has 0 unspecified atom stereocenters. The van der Waals surface area contributed by atoms with Crippen molar-refractivity contribution in [2.75, 3.05) is 32.7 Å². The number of aryl methyl sites for hydroxylation is 2. The van der Waals surface area contributed by atoms with Crippen molar-refractivity contribution in [1.29, 1.82) is 0 Å². The first-order chi connectivity index (χ1) is 12.3. The van der Waals surface area contributed by atoms with Crippen LogP contribution in [-0.4, -0.2) is 62.1 Å². The van der Waals surface area contributed by atoms with Gasteiger partial charge in [-0.3, -0.25) is 28.1 Å². The van der Waals surface area contributed by atoms with Gasteiger partial charge in [0.1, 0.15) is 5.65 Å². The van der Waals surface area contributed by atoms with Crippen molar-refractivity contribution in [3.63, 3.8) is 0 Å². The van der Waals surface area contributed by atoms with Crippen molar-refractivity contribution >= 4 is 16.9 Å². The van der Waals surface area contributed by atoms with Gasteiger partial charge in [0.25, 0.3) is 17.0 Å². The van der Waals surface area contributed by atoms with Crippen LogP contribution in [0, 0.1) is 0 Å². The molecule has 2 aromatic rings. The predicted octanol–water partition coefficient (Wildman–Crippen LogP) is -1.29. The van der Waals surface area contributed by atoms with Gasteiger partial charge in [0.15, 0.2) is 0 Å². The summed E-state index contributed by atoms with van der Waals surface area (Å²) >= 11 is 0. The minimum absolute atomic E-state index is 0.0595. The summed E-state index contributed by atoms with van der Waals surface area (Å²) in [5.74, 6) is -0.348. The Labute approximate surface area is 149 Å². The van der Waals surface area contributed by atoms with E-state index in [1.54, 1.807) is 4.90 Å². The lowest BCUT2D eigenvalue weighted by molar-refractivity contribution is 0.0645. The van der Waals surface area contributed by atoms with Crippen molar-refractivity contribution in [2.45, 2.75) is 6.92 Å². The van der Waals surface area contributed by atoms with Crippen LogP contribution in [0.15, 0.2) is 20.4 Å². The van der Waals surface area contributed by atoms with Crippen LogP contribution in [-0.2, 0) is 21.1 Å². The number of hydrogen-bond acceptors (Lipinski definition) is 5. The van der Waals surface area contributed by atoms with Crippen molar-refractivity contribution in [3.05, 3.63) is 42.8 Å². The molecule has 1 saturated heterocycles. The minimum atomic E-state index is -0.575. The van der Waals surface area contributed by atoms with Crippen LogP contribution < -0.4 is 16.8 Å². The van der Waals surface area contributed by atoms with Crippen molar-refractivity contribution in [2.24, 2.45) is 21.1 Å². The van der Waals surface area contributed by atoms with Crippen LogP contribution in [0.3, 0.4) is 0 Å². The second-order valence-corrected chi connectivity index (χ2v) is 6.59. The summed E-state index contributed by atoms with van der Waals surface area (Å²) in [5.41, 5.74) is -1.34. The Bertz CT molecular complexity index is 1050. The summed E-state index contributed by atoms with van der Waals surface area (Å²) in [6.45, 7) is 5.56. The zero-order valence-electron chi connectivity index (χ0n) is 15.5. The number of carbonyl (C=O) groups is 1. The summed E-state index contributed by atoms with van der Waals surface area (Å²) in [6.07, 6.45) is 0. The highest BCUT2D eigenvalue weighted by atomic mass is 16.2. The molecule has 0 spiro atoms. The molecular weight excluding hydrogens is 338 g/mol. The molecule has 0 atom stereocenters. The zero-order chi connectivity index (χ0) is 19.2. The lowest BCUT2D eigenvalue weighted by Gasteiger charge is -2.34. The molecule has 0 aliphatic carbocycles. The van der Waals surface area contributed by atoms with Gasteiger partial charge in [-0.15, -0.1) is 0 Å². The Morgan fingerprint density at radius 3 is 2.15 bits per heavy atom. The second-order valence-electron chi connectivity index (χ2n) is 6.59. The fraction of sp³-hybridized carbons (Fsp3) is 0.529. The maximum absolute atomic E-state index is 13.1. The van der Waals surface area contributed by atoms with Gasteiger partial charge in [-0.2, -0.15) is 0 Å². The molecule has 0 radical (unpaired) electrons. The van der Waals surface area contributed by atoms with Gasteiger partial charge in [-0.05, 0) is 6.54 Å². The van der Waals surface area contributed by atoms with Crippen LogP contribution in [0.2, 0.25) is 0 Å². The van der Waals surface area contributed by atoms with E-state index in [2.05, 4.69) is 11.8 Å². The van der Waals surface area contributed by atoms with Gasteiger partial charge in [0.05, 0.1) is 10.9 Å². The van der Waals surface area contributed by atoms with Gasteiger partial charge in [-0.25, -0.2) is 4.79 Å². The van der Waals surface area contributed by atoms with Crippen molar-refractivity contribution in [1.82, 2.24) is 23.5 Å². The standard InChI is InChI=1S/C17H23N5O4/c1-5-21-6-8-22(9-7-21)15(24)11-10-12(23)18(2)14-13(11)16(25)20(4)17(26)19(14)3/h10H,5-9H2,1-4H3. The molecule has 1 aliphatic heterocycles. The molecule has 9 nitrogen and oxygen atoms in total. The molecule has 9 heteroatoms. The monoisotopic (exact) mass is 361 g/mol. The summed E-state index contributed by atoms with van der Waals surface area (Å²) in [4.78, 5) is 54.3. The summed E-state index contributed by atoms with van der Waals surface area (Å²) in [7, 11) is 4.33. The second kappa shape index (κ2) is 6.56. The average Bonchev–Trinajstić information content (AvgIpc) is 2.65. The maximum atomic E-state index is 13.1. The molecule has 26 heavy (non-hydrogen) atoms. The SMILES string of the molecule is CCN1CCN(C(=O)c2cc(=O)n(C)c3c2c(=O)n(C)c(=O)n3C)CC1. The molecule has 2 aromatic heterocycles. The molecular formula is C17H23N5O4. The largest absolute Gasteiger partial charge is 0.336 e. The topological polar surface area (TPSA) is 89.6 Å². The average molecular weight is 361 g/mol. The number of likely N-dealkylation sites (N-methyl/N-ethyl adjacent to an activating group) is 1. The number of nitrogens with zero attached hydrogens (tertiary/aromatic N) is 5. The number of rotatable bonds is 2. The van der Waals surface area contributed by atoms with E-state index in [0.717, 1.165) is 24.2 Å². The van der Waals surface area contributed by atoms with Crippen molar-refractivity contribution < 1.29 is 4.79 Å². The third-order valence-corrected chi connectivity index (χ3v) is 5.16. The molecule has 0 bridgehead atoms. The first-order valence-corrected chi connectivity index (χ1v) is 8.59. The van der Waals surface area contributed by atoms with E-state index in [-0.39, 0.29) is 22.5 Å². The normalized spacial score (nSPS) is 15.6. The van der Waals surface area contributed by atoms with E-state index < -0.39 is 16.8 Å². The van der Waals surface area contributed by atoms with E-state index in [0.29, 0.717) is 13.1 Å². The molecule has 1 aliphatic rings. The van der Waals surface area contributed by atoms with E-state index >= 15 is 0 Å². The quantitative estimate of drug-likeness (QED) is 0.664. The number of pyridine rings is 1. The van der Waals surface area contributed by atoms with Crippen molar-refractivity contribution in [3.8, 4) is 0 Å². The van der Waals surface area contributed by atoms with Crippen LogP contribution in [0.4, 0.5) is 0 Å². The molecule has 3 heterocycles. The summed E-state index contributed by atoms with van der Waals surface area (Å²) in [5, 5.41) is 0.0969. The smallest absolute Gasteiger partial charge is 0.332 e. The molecule has 0 N–H and O–H groups in total. The third-order valence-electron chi connectivity index (χ3n) is 5.16. The van der Waals surface area contributed by atoms with Crippen LogP contribution in [0.5, 0.6) is 0 Å². The number of piperazine rings is 1. The minimum Gasteiger partial charge on any atom is -0.336 e. The molecule has 3 rings (SSSR count). The van der Waals surface area contributed by atoms with Crippen LogP contribution >= 0.6 is 0 Å². The van der Waals surface area contributed by atoms with E-state index in [4.69, 9.17) is 0 Å². The lowest BCUT2D eigenvalue weighted by Crippen LogP contribution is -2.49. The zero-order valence-corrected chi connectivity index (χ0v) is 15.5. The number of carbonyl (C=O) groups excluding carboxylic acids is 1. The van der Waals surface area contributed by atoms with Gasteiger partial charge >= 0.3 is 5.69 Å². The van der Waals surface area contributed by atoms with Gasteiger partial charge in [0, 0.05) is 53.4 Å². The Kier molecular flexibility index (Phi) is 4.57. The maximum Gasteiger partial charge on any atom is 0.332 e. The fourth-order valence-electron chi connectivity index (χ4n) is 3.46. The third kappa shape index (κ3) is 2.68. The predicted molar refractivity (Wildman–Crippen MR) is 97.7 cm³/mol. The molecule has 140 valence electrons. The Morgan fingerprint density at radius 1 is 0.962 bits per heavy atom. The number of aromatic nitrogens is 3. The van der Waals surface area contributed by atoms with E-state index in [9.17, 15) is 19.2 Å². The lowest BCUT2D eigenvalue weighted by atomic mass is 10.1. The highest BCUT2D eigenvalue weighted by Crippen LogP contribution is 2.15. The van der Waals surface area contributed by atoms with Gasteiger partial charge in [0.2, 0.25) is 0 Å². The summed E-state index contributed by atoms with van der Waals surface area (Å²) < 4.78 is 3.41. The Morgan fingerprint density at radius 2 is 1.58 bits per heavy atom. The molecule has 0 saturated carbocycles. The van der Waals surface area contributed by atoms with Gasteiger partial charge < -0.3 is 9.80 Å². The van der Waals surface area contributed by atoms with Crippen LogP contribution in [0.25, 0.3) is 11.0 Å². The molecule has 1 fully saturated rings. The highest BCUT2D eigenvalue weighted by Gasteiger charge is 2.26. The Hall–Kier alpha value is -2.68. The summed E-state index contributed by atoms with van der Waals surface area (Å²) in [6, 6.07) is 1.20. The van der Waals surface area contributed by atoms with E-state index in [1.165, 1.54) is 36.3 Å². The van der Waals surface area contributed by atoms with Gasteiger partial charge in [-0.1, -0.05) is 6.92 Å². The van der Waals surface area contributed by atoms with Crippen LogP contribution in [0.1, 0.15) is 17.3 Å². The number of fused-ring (bicyclic) bond motifs is 1. The fourth-order valence-corrected chi connectivity index (χ4v) is 3.46. The number of amides is 1. The first-order valence-electron chi connectivity index (χ1n) is 8.59. The number of hydrogen-bond donors (Lipinski definition) is 0.